The number of anilines is 2. The molecule has 10 rings (SSSR count). The molecule has 0 bridgehead atoms. The van der Waals surface area contributed by atoms with Gasteiger partial charge in [-0.15, -0.1) is 0 Å². The fourth-order valence-corrected chi connectivity index (χ4v) is 10.1. The highest BCUT2D eigenvalue weighted by molar-refractivity contribution is 6.07. The number of aliphatic hydroxyl groups excluding tert-OH is 1. The molecule has 4 fully saturated rings. The molecular weight excluding hydrogens is 851 g/mol. The number of imide groups is 1. The Morgan fingerprint density at radius 1 is 0.925 bits per heavy atom. The number of nitrogens with one attached hydrogen (secondary N) is 3. The van der Waals surface area contributed by atoms with Crippen LogP contribution in [0, 0.1) is 5.92 Å². The van der Waals surface area contributed by atoms with Crippen molar-refractivity contribution in [3.8, 4) is 16.9 Å². The number of hydrogen-bond acceptors (Lipinski definition) is 11. The molecule has 67 heavy (non-hydrogen) atoms. The van der Waals surface area contributed by atoms with Crippen LogP contribution in [-0.2, 0) is 22.2 Å². The molecular formula is C51H57N9O7. The topological polar surface area (TPSA) is 187 Å². The zero-order chi connectivity index (χ0) is 46.5. The van der Waals surface area contributed by atoms with Crippen LogP contribution in [0.2, 0.25) is 0 Å². The van der Waals surface area contributed by atoms with Gasteiger partial charge in [0.1, 0.15) is 11.3 Å². The van der Waals surface area contributed by atoms with Crippen LogP contribution in [0.4, 0.5) is 16.4 Å². The van der Waals surface area contributed by atoms with Gasteiger partial charge in [-0.1, -0.05) is 36.4 Å². The van der Waals surface area contributed by atoms with Crippen LogP contribution in [-0.4, -0.2) is 112 Å². The minimum Gasteiger partial charge on any atom is -0.495 e. The van der Waals surface area contributed by atoms with Gasteiger partial charge in [0, 0.05) is 92.6 Å². The van der Waals surface area contributed by atoms with Gasteiger partial charge >= 0.3 is 6.03 Å². The van der Waals surface area contributed by atoms with Crippen LogP contribution < -0.4 is 30.7 Å². The third-order valence-corrected chi connectivity index (χ3v) is 14.2. The fourth-order valence-electron chi connectivity index (χ4n) is 10.1. The molecule has 16 heteroatoms. The maximum Gasteiger partial charge on any atom is 0.328 e. The molecule has 1 saturated carbocycles. The van der Waals surface area contributed by atoms with Gasteiger partial charge in [-0.05, 0) is 98.9 Å². The van der Waals surface area contributed by atoms with Gasteiger partial charge in [-0.2, -0.15) is 0 Å². The normalized spacial score (nSPS) is 19.1. The van der Waals surface area contributed by atoms with Gasteiger partial charge in [0.25, 0.3) is 11.5 Å². The number of urea groups is 1. The van der Waals surface area contributed by atoms with Crippen LogP contribution in [0.5, 0.6) is 5.75 Å². The summed E-state index contributed by atoms with van der Waals surface area (Å²) in [6.07, 6.45) is 9.15. The van der Waals surface area contributed by atoms with Crippen molar-refractivity contribution >= 4 is 51.3 Å². The van der Waals surface area contributed by atoms with Crippen molar-refractivity contribution < 1.29 is 29.0 Å². The molecule has 1 unspecified atom stereocenters. The summed E-state index contributed by atoms with van der Waals surface area (Å²) in [6.45, 7) is 6.21. The number of fused-ring (bicyclic) bond motifs is 2. The number of benzene rings is 3. The molecule has 6 aromatic rings. The maximum absolute atomic E-state index is 13.7. The third-order valence-electron chi connectivity index (χ3n) is 14.2. The van der Waals surface area contributed by atoms with Crippen molar-refractivity contribution in [1.29, 1.82) is 0 Å². The van der Waals surface area contributed by atoms with Crippen molar-refractivity contribution in [2.75, 3.05) is 62.8 Å². The number of aliphatic hydroxyl groups is 1. The summed E-state index contributed by atoms with van der Waals surface area (Å²) in [6, 6.07) is 22.4. The standard InChI is InChI=1S/C51H57N9O7/c1-50(56-46(63)34-10-14-42(66-3)41(28-34)60-24-18-43(62)54-49(60)65)19-25-58(26-20-50)29-32-16-22-59(23-17-32)48-53-40-13-9-33(39-30-57(2)47(64)44-37(39)15-21-52-44)27-38(40)45(55-48)51(31-61,67-36-11-12-36)35-7-5-4-6-8-35/h4-10,13-15,21,27-28,30,32,36,52,61H,11-12,16-20,22-26,29,31H2,1-3H3,(H,56,63)(H,54,62,65). The molecule has 0 spiro atoms. The molecule has 4 amide bonds. The van der Waals surface area contributed by atoms with Crippen molar-refractivity contribution in [3.05, 3.63) is 112 Å². The minimum atomic E-state index is -1.24. The summed E-state index contributed by atoms with van der Waals surface area (Å²) in [5.74, 6) is 0.979. The molecule has 3 aromatic heterocycles. The van der Waals surface area contributed by atoms with E-state index in [0.29, 0.717) is 40.1 Å². The quantitative estimate of drug-likeness (QED) is 0.109. The van der Waals surface area contributed by atoms with Crippen molar-refractivity contribution in [2.45, 2.75) is 69.1 Å². The number of ether oxygens (including phenoxy) is 2. The Labute approximate surface area is 388 Å². The van der Waals surface area contributed by atoms with Gasteiger partial charge < -0.3 is 39.2 Å². The first-order chi connectivity index (χ1) is 32.4. The number of nitrogens with zero attached hydrogens (tertiary/aromatic N) is 6. The average molecular weight is 908 g/mol. The van der Waals surface area contributed by atoms with E-state index in [1.54, 1.807) is 36.0 Å². The lowest BCUT2D eigenvalue weighted by Crippen LogP contribution is -2.54. The molecule has 3 aromatic carbocycles. The van der Waals surface area contributed by atoms with E-state index < -0.39 is 17.2 Å². The number of H-pyrrole nitrogens is 1. The number of amides is 4. The maximum atomic E-state index is 13.7. The van der Waals surface area contributed by atoms with Crippen LogP contribution in [0.1, 0.15) is 73.5 Å². The lowest BCUT2D eigenvalue weighted by Gasteiger charge is -2.42. The second-order valence-electron chi connectivity index (χ2n) is 18.9. The van der Waals surface area contributed by atoms with Crippen LogP contribution in [0.3, 0.4) is 0 Å². The molecule has 4 N–H and O–H groups in total. The van der Waals surface area contributed by atoms with E-state index in [4.69, 9.17) is 19.4 Å². The average Bonchev–Trinajstić information content (AvgIpc) is 4.03. The Morgan fingerprint density at radius 2 is 1.70 bits per heavy atom. The Kier molecular flexibility index (Phi) is 11.8. The van der Waals surface area contributed by atoms with E-state index in [1.807, 2.05) is 54.7 Å². The summed E-state index contributed by atoms with van der Waals surface area (Å²) in [5.41, 5.74) is 3.64. The number of aryl methyl sites for hydroxylation is 1. The van der Waals surface area contributed by atoms with E-state index in [9.17, 15) is 24.3 Å². The van der Waals surface area contributed by atoms with E-state index in [-0.39, 0.29) is 43.1 Å². The summed E-state index contributed by atoms with van der Waals surface area (Å²) in [5, 5.41) is 18.7. The van der Waals surface area contributed by atoms with Crippen molar-refractivity contribution in [2.24, 2.45) is 13.0 Å². The first-order valence-corrected chi connectivity index (χ1v) is 23.4. The number of likely N-dealkylation sites (tertiary alicyclic amines) is 1. The van der Waals surface area contributed by atoms with Gasteiger partial charge in [0.15, 0.2) is 5.60 Å². The lowest BCUT2D eigenvalue weighted by molar-refractivity contribution is -0.120. The van der Waals surface area contributed by atoms with E-state index >= 15 is 0 Å². The van der Waals surface area contributed by atoms with E-state index in [1.165, 1.54) is 12.0 Å². The predicted molar refractivity (Wildman–Crippen MR) is 255 cm³/mol. The lowest BCUT2D eigenvalue weighted by atomic mass is 9.87. The summed E-state index contributed by atoms with van der Waals surface area (Å²) < 4.78 is 14.0. The van der Waals surface area contributed by atoms with Gasteiger partial charge in [0.2, 0.25) is 11.9 Å². The number of carbonyl (C=O) groups is 3. The fraction of sp³-hybridized carbons (Fsp3) is 0.412. The second-order valence-corrected chi connectivity index (χ2v) is 18.9. The highest BCUT2D eigenvalue weighted by Crippen LogP contribution is 2.43. The number of rotatable bonds is 13. The van der Waals surface area contributed by atoms with Crippen molar-refractivity contribution in [3.63, 3.8) is 0 Å². The molecule has 6 heterocycles. The summed E-state index contributed by atoms with van der Waals surface area (Å²) >= 11 is 0. The Hall–Kier alpha value is -6.62. The first-order valence-electron chi connectivity index (χ1n) is 23.4. The van der Waals surface area contributed by atoms with Gasteiger partial charge in [-0.25, -0.2) is 14.8 Å². The van der Waals surface area contributed by atoms with E-state index in [2.05, 4.69) is 38.4 Å². The van der Waals surface area contributed by atoms with Gasteiger partial charge in [-0.3, -0.25) is 24.6 Å². The number of carbonyl (C=O) groups excluding carboxylic acids is 3. The Bertz CT molecular complexity index is 2920. The van der Waals surface area contributed by atoms with Gasteiger partial charge in [0.05, 0.1) is 36.7 Å². The molecule has 4 aliphatic rings. The number of hydrogen-bond donors (Lipinski definition) is 4. The predicted octanol–water partition coefficient (Wildman–Crippen LogP) is 5.85. The van der Waals surface area contributed by atoms with Crippen LogP contribution in [0.15, 0.2) is 90.0 Å². The van der Waals surface area contributed by atoms with E-state index in [0.717, 1.165) is 104 Å². The largest absolute Gasteiger partial charge is 0.495 e. The molecule has 3 aliphatic heterocycles. The third kappa shape index (κ3) is 8.65. The minimum absolute atomic E-state index is 0.00118. The number of aromatic nitrogens is 4. The number of aromatic amines is 1. The molecule has 3 saturated heterocycles. The first kappa shape index (κ1) is 44.2. The monoisotopic (exact) mass is 907 g/mol. The SMILES string of the molecule is COc1ccc(C(=O)NC2(C)CCN(CC3CCN(c4nc(C(CO)(OC5CC5)c5ccccc5)c5cc(-c6cn(C)c(=O)c7[nH]ccc67)ccc5n4)CC3)CC2)cc1N1CCC(=O)NC1=O. The molecule has 1 aliphatic carbocycles. The second kappa shape index (κ2) is 17.9. The Balaban J connectivity index is 0.846. The molecule has 0 radical (unpaired) electrons. The number of piperidine rings is 2. The Morgan fingerprint density at radius 3 is 2.42 bits per heavy atom. The van der Waals surface area contributed by atoms with Crippen molar-refractivity contribution in [1.82, 2.24) is 35.1 Å². The number of methoxy groups -OCH3 is 1. The smallest absolute Gasteiger partial charge is 0.328 e. The molecule has 348 valence electrons. The highest BCUT2D eigenvalue weighted by Gasteiger charge is 2.44. The zero-order valence-electron chi connectivity index (χ0n) is 38.2. The zero-order valence-corrected chi connectivity index (χ0v) is 38.2. The molecule has 1 atom stereocenters. The van der Waals surface area contributed by atoms with Crippen LogP contribution >= 0.6 is 0 Å². The van der Waals surface area contributed by atoms with Crippen LogP contribution in [0.25, 0.3) is 32.9 Å². The highest BCUT2D eigenvalue weighted by atomic mass is 16.5. The molecule has 16 nitrogen and oxygen atoms in total. The summed E-state index contributed by atoms with van der Waals surface area (Å²) in [4.78, 5) is 70.9. The number of pyridine rings is 1. The summed E-state index contributed by atoms with van der Waals surface area (Å²) in [7, 11) is 3.26.